The molecule has 0 atom stereocenters. The zero-order chi connectivity index (χ0) is 29.3. The van der Waals surface area contributed by atoms with Crippen molar-refractivity contribution in [2.45, 2.75) is 27.2 Å². The van der Waals surface area contributed by atoms with Gasteiger partial charge in [0.15, 0.2) is 0 Å². The van der Waals surface area contributed by atoms with Crippen LogP contribution in [0, 0.1) is 5.92 Å². The van der Waals surface area contributed by atoms with Crippen molar-refractivity contribution in [3.8, 4) is 0 Å². The molecule has 0 spiro atoms. The summed E-state index contributed by atoms with van der Waals surface area (Å²) in [6.07, 6.45) is 3.80. The molecule has 0 saturated carbocycles. The largest absolute Gasteiger partial charge is 0.336 e. The van der Waals surface area contributed by atoms with E-state index in [0.717, 1.165) is 9.80 Å². The van der Waals surface area contributed by atoms with E-state index in [-0.39, 0.29) is 30.4 Å². The van der Waals surface area contributed by atoms with Crippen molar-refractivity contribution in [1.82, 2.24) is 14.8 Å². The number of nitrogens with zero attached hydrogens (tertiary/aromatic N) is 3. The number of pyridine rings is 1. The first-order valence-electron chi connectivity index (χ1n) is 11.5. The van der Waals surface area contributed by atoms with Gasteiger partial charge in [0.05, 0.1) is 17.3 Å². The lowest BCUT2D eigenvalue weighted by Gasteiger charge is -2.23. The molecule has 1 aromatic rings. The molecule has 0 bridgehead atoms. The summed E-state index contributed by atoms with van der Waals surface area (Å²) >= 11 is 0. The first-order chi connectivity index (χ1) is 17.3. The molecular formula is C21H33N3O11S3. The Kier molecular flexibility index (Phi) is 12.5. The van der Waals surface area contributed by atoms with Crippen LogP contribution in [0.25, 0.3) is 6.08 Å². The maximum absolute atomic E-state index is 13.2. The van der Waals surface area contributed by atoms with Gasteiger partial charge >= 0.3 is 0 Å². The number of amides is 2. The van der Waals surface area contributed by atoms with Gasteiger partial charge in [-0.2, -0.15) is 25.3 Å². The molecule has 2 amide bonds. The van der Waals surface area contributed by atoms with Gasteiger partial charge in [0.1, 0.15) is 11.4 Å². The molecule has 0 aromatic carbocycles. The third-order valence-corrected chi connectivity index (χ3v) is 6.98. The number of carbonyl (C=O) groups is 2. The van der Waals surface area contributed by atoms with E-state index in [1.54, 1.807) is 19.1 Å². The Balaban J connectivity index is 3.55. The first kappa shape index (κ1) is 33.6. The van der Waals surface area contributed by atoms with Gasteiger partial charge in [0, 0.05) is 26.2 Å². The van der Waals surface area contributed by atoms with Gasteiger partial charge in [-0.1, -0.05) is 32.9 Å². The highest BCUT2D eigenvalue weighted by Gasteiger charge is 2.25. The van der Waals surface area contributed by atoms with Crippen LogP contribution in [0.3, 0.4) is 0 Å². The molecule has 0 aliphatic rings. The minimum Gasteiger partial charge on any atom is -0.336 e. The molecule has 17 heteroatoms. The molecule has 0 radical (unpaired) electrons. The average molecular weight is 600 g/mol. The van der Waals surface area contributed by atoms with Crippen molar-refractivity contribution >= 4 is 48.2 Å². The topological polar surface area (TPSA) is 217 Å². The summed E-state index contributed by atoms with van der Waals surface area (Å²) in [5.74, 6) is -4.23. The molecule has 216 valence electrons. The van der Waals surface area contributed by atoms with Crippen molar-refractivity contribution in [2.75, 3.05) is 43.4 Å². The Morgan fingerprint density at radius 2 is 1.16 bits per heavy atom. The second kappa shape index (κ2) is 14.1. The van der Waals surface area contributed by atoms with Crippen LogP contribution in [0.15, 0.2) is 18.2 Å². The number of hydrogen-bond donors (Lipinski definition) is 3. The summed E-state index contributed by atoms with van der Waals surface area (Å²) in [5.41, 5.74) is -0.278. The normalized spacial score (nSPS) is 12.7. The Bertz CT molecular complexity index is 1300. The van der Waals surface area contributed by atoms with Crippen molar-refractivity contribution in [3.63, 3.8) is 0 Å². The fourth-order valence-electron chi connectivity index (χ4n) is 3.07. The van der Waals surface area contributed by atoms with E-state index in [1.807, 2.05) is 13.8 Å². The lowest BCUT2D eigenvalue weighted by atomic mass is 10.1. The molecule has 1 aromatic heterocycles. The van der Waals surface area contributed by atoms with E-state index in [0.29, 0.717) is 12.0 Å². The van der Waals surface area contributed by atoms with Gasteiger partial charge in [-0.15, -0.1) is 0 Å². The minimum atomic E-state index is -4.54. The van der Waals surface area contributed by atoms with E-state index in [4.69, 9.17) is 13.7 Å². The summed E-state index contributed by atoms with van der Waals surface area (Å²) in [5, 5.41) is 0. The molecule has 0 aliphatic carbocycles. The third-order valence-electron chi connectivity index (χ3n) is 4.88. The maximum Gasteiger partial charge on any atom is 0.272 e. The molecule has 0 aliphatic heterocycles. The fraction of sp³-hybridized carbons (Fsp3) is 0.571. The van der Waals surface area contributed by atoms with Gasteiger partial charge in [0.2, 0.25) is 0 Å². The SMILES string of the molecule is CCCN(CCS(=O)(=O)O)C(=O)c1cc(/C=C/C(C)C)cc(C(=O)N(CCS(=O)(=O)O)CCS(=O)(=O)O)n1. The second-order valence-corrected chi connectivity index (χ2v) is 13.4. The van der Waals surface area contributed by atoms with Crippen LogP contribution in [-0.4, -0.2) is 109 Å². The number of hydrogen-bond acceptors (Lipinski definition) is 9. The molecule has 1 rings (SSSR count). The molecule has 38 heavy (non-hydrogen) atoms. The number of allylic oxidation sites excluding steroid dienone is 1. The summed E-state index contributed by atoms with van der Waals surface area (Å²) in [7, 11) is -13.5. The van der Waals surface area contributed by atoms with Gasteiger partial charge in [-0.25, -0.2) is 4.98 Å². The van der Waals surface area contributed by atoms with Gasteiger partial charge in [0.25, 0.3) is 42.2 Å². The van der Waals surface area contributed by atoms with E-state index in [9.17, 15) is 34.8 Å². The summed E-state index contributed by atoms with van der Waals surface area (Å²) < 4.78 is 94.6. The molecule has 0 saturated heterocycles. The fourth-order valence-corrected chi connectivity index (χ4v) is 4.42. The predicted molar refractivity (Wildman–Crippen MR) is 139 cm³/mol. The van der Waals surface area contributed by atoms with Crippen molar-refractivity contribution in [3.05, 3.63) is 35.2 Å². The summed E-state index contributed by atoms with van der Waals surface area (Å²) in [6.45, 7) is 3.97. The predicted octanol–water partition coefficient (Wildman–Crippen LogP) is 0.709. The zero-order valence-electron chi connectivity index (χ0n) is 21.2. The van der Waals surface area contributed by atoms with Gasteiger partial charge < -0.3 is 9.80 Å². The Labute approximate surface area is 223 Å². The highest BCUT2D eigenvalue weighted by molar-refractivity contribution is 7.86. The van der Waals surface area contributed by atoms with E-state index >= 15 is 0 Å². The van der Waals surface area contributed by atoms with Gasteiger partial charge in [-0.3, -0.25) is 23.2 Å². The van der Waals surface area contributed by atoms with Gasteiger partial charge in [-0.05, 0) is 30.0 Å². The van der Waals surface area contributed by atoms with Crippen molar-refractivity contribution < 1.29 is 48.5 Å². The van der Waals surface area contributed by atoms with Crippen LogP contribution in [0.1, 0.15) is 53.7 Å². The minimum absolute atomic E-state index is 0.0776. The molecule has 14 nitrogen and oxygen atoms in total. The number of rotatable bonds is 15. The molecule has 0 unspecified atom stereocenters. The average Bonchev–Trinajstić information content (AvgIpc) is 2.77. The first-order valence-corrected chi connectivity index (χ1v) is 16.3. The Morgan fingerprint density at radius 1 is 0.789 bits per heavy atom. The lowest BCUT2D eigenvalue weighted by molar-refractivity contribution is 0.0755. The van der Waals surface area contributed by atoms with Crippen LogP contribution in [-0.2, 0) is 30.4 Å². The highest BCUT2D eigenvalue weighted by atomic mass is 32.2. The molecular weight excluding hydrogens is 566 g/mol. The second-order valence-electron chi connectivity index (χ2n) is 8.72. The maximum atomic E-state index is 13.2. The molecule has 3 N–H and O–H groups in total. The highest BCUT2D eigenvalue weighted by Crippen LogP contribution is 2.15. The number of aromatic nitrogens is 1. The van der Waals surface area contributed by atoms with E-state index < -0.39 is 72.5 Å². The van der Waals surface area contributed by atoms with Crippen LogP contribution in [0.4, 0.5) is 0 Å². The monoisotopic (exact) mass is 599 g/mol. The number of carbonyl (C=O) groups excluding carboxylic acids is 2. The van der Waals surface area contributed by atoms with Crippen molar-refractivity contribution in [2.24, 2.45) is 5.92 Å². The summed E-state index contributed by atoms with van der Waals surface area (Å²) in [6, 6.07) is 2.64. The van der Waals surface area contributed by atoms with Crippen LogP contribution in [0.2, 0.25) is 0 Å². The van der Waals surface area contributed by atoms with Crippen molar-refractivity contribution in [1.29, 1.82) is 0 Å². The zero-order valence-corrected chi connectivity index (χ0v) is 23.7. The molecule has 0 fully saturated rings. The van der Waals surface area contributed by atoms with E-state index in [1.165, 1.54) is 12.1 Å². The Morgan fingerprint density at radius 3 is 1.47 bits per heavy atom. The Hall–Kier alpha value is -2.44. The van der Waals surface area contributed by atoms with Crippen LogP contribution < -0.4 is 0 Å². The van der Waals surface area contributed by atoms with Crippen LogP contribution >= 0.6 is 0 Å². The summed E-state index contributed by atoms with van der Waals surface area (Å²) in [4.78, 5) is 32.4. The molecule has 1 heterocycles. The quantitative estimate of drug-likeness (QED) is 0.238. The standard InChI is InChI=1S/C21H33N3O11S3/c1-4-7-23(8-11-36(27,28)29)20(25)18-14-17(6-5-16(2)3)15-19(22-18)21(26)24(9-12-37(30,31)32)10-13-38(33,34)35/h5-6,14-16H,4,7-13H2,1-3H3,(H,27,28,29)(H,30,31,32)(H,33,34,35)/b6-5+. The smallest absolute Gasteiger partial charge is 0.272 e. The third kappa shape index (κ3) is 13.4. The van der Waals surface area contributed by atoms with E-state index in [2.05, 4.69) is 4.98 Å². The van der Waals surface area contributed by atoms with Crippen LogP contribution in [0.5, 0.6) is 0 Å². The lowest BCUT2D eigenvalue weighted by Crippen LogP contribution is -2.39.